The van der Waals surface area contributed by atoms with Gasteiger partial charge in [-0.15, -0.1) is 0 Å². The Balaban J connectivity index is 2.23. The molecule has 0 radical (unpaired) electrons. The van der Waals surface area contributed by atoms with Crippen LogP contribution in [0.15, 0.2) is 35.0 Å². The molecule has 3 rings (SSSR count). The monoisotopic (exact) mass is 226 g/mol. The molecule has 0 fully saturated rings. The van der Waals surface area contributed by atoms with Gasteiger partial charge in [-0.1, -0.05) is 0 Å². The van der Waals surface area contributed by atoms with Crippen LogP contribution >= 0.6 is 0 Å². The first-order valence-corrected chi connectivity index (χ1v) is 5.18. The van der Waals surface area contributed by atoms with Crippen LogP contribution in [0, 0.1) is 6.92 Å². The number of aromatic nitrogens is 3. The van der Waals surface area contributed by atoms with Gasteiger partial charge in [-0.25, -0.2) is 15.0 Å². The first kappa shape index (κ1) is 9.77. The van der Waals surface area contributed by atoms with Crippen molar-refractivity contribution in [3.63, 3.8) is 0 Å². The molecule has 2 N–H and O–H groups in total. The highest BCUT2D eigenvalue weighted by molar-refractivity contribution is 5.75. The van der Waals surface area contributed by atoms with Crippen LogP contribution < -0.4 is 5.73 Å². The fourth-order valence-electron chi connectivity index (χ4n) is 1.64. The smallest absolute Gasteiger partial charge is 0.247 e. The number of nitrogen functional groups attached to an aromatic ring is 1. The minimum absolute atomic E-state index is 0.405. The van der Waals surface area contributed by atoms with Crippen LogP contribution in [0.25, 0.3) is 22.7 Å². The van der Waals surface area contributed by atoms with Gasteiger partial charge in [-0.05, 0) is 30.7 Å². The van der Waals surface area contributed by atoms with Crippen molar-refractivity contribution in [1.29, 1.82) is 0 Å². The van der Waals surface area contributed by atoms with E-state index in [1.54, 1.807) is 12.4 Å². The van der Waals surface area contributed by atoms with Gasteiger partial charge in [-0.2, -0.15) is 0 Å². The molecule has 0 aliphatic heterocycles. The van der Waals surface area contributed by atoms with Crippen LogP contribution in [-0.4, -0.2) is 15.0 Å². The summed E-state index contributed by atoms with van der Waals surface area (Å²) in [5.74, 6) is 0.856. The number of nitrogens with two attached hydrogens (primary N) is 1. The summed E-state index contributed by atoms with van der Waals surface area (Å²) in [5.41, 5.74) is 8.73. The van der Waals surface area contributed by atoms with Gasteiger partial charge in [0.2, 0.25) is 11.6 Å². The second-order valence-electron chi connectivity index (χ2n) is 3.79. The predicted molar refractivity (Wildman–Crippen MR) is 64.2 cm³/mol. The highest BCUT2D eigenvalue weighted by atomic mass is 16.4. The largest absolute Gasteiger partial charge is 0.418 e. The second kappa shape index (κ2) is 3.55. The third-order valence-corrected chi connectivity index (χ3v) is 2.45. The lowest BCUT2D eigenvalue weighted by atomic mass is 10.2. The van der Waals surface area contributed by atoms with Gasteiger partial charge in [0, 0.05) is 12.4 Å². The van der Waals surface area contributed by atoms with Crippen LogP contribution in [0.4, 0.5) is 5.82 Å². The zero-order valence-corrected chi connectivity index (χ0v) is 9.21. The number of aryl methyl sites for hydroxylation is 1. The zero-order valence-electron chi connectivity index (χ0n) is 9.21. The molecule has 0 bridgehead atoms. The number of nitrogens with zero attached hydrogens (tertiary/aromatic N) is 3. The number of fused-ring (bicyclic) bond motifs is 1. The normalized spacial score (nSPS) is 10.9. The van der Waals surface area contributed by atoms with Crippen LogP contribution in [-0.2, 0) is 0 Å². The van der Waals surface area contributed by atoms with E-state index < -0.39 is 0 Å². The lowest BCUT2D eigenvalue weighted by Crippen LogP contribution is -1.94. The maximum absolute atomic E-state index is 5.81. The van der Waals surface area contributed by atoms with Crippen molar-refractivity contribution in [2.24, 2.45) is 0 Å². The fourth-order valence-corrected chi connectivity index (χ4v) is 1.64. The van der Waals surface area contributed by atoms with E-state index >= 15 is 0 Å². The lowest BCUT2D eigenvalue weighted by Gasteiger charge is -2.00. The van der Waals surface area contributed by atoms with E-state index in [-0.39, 0.29) is 0 Å². The van der Waals surface area contributed by atoms with Crippen molar-refractivity contribution in [3.8, 4) is 11.5 Å². The van der Waals surface area contributed by atoms with Crippen molar-refractivity contribution in [3.05, 3.63) is 36.2 Å². The van der Waals surface area contributed by atoms with Crippen molar-refractivity contribution < 1.29 is 4.42 Å². The highest BCUT2D eigenvalue weighted by Crippen LogP contribution is 2.26. The van der Waals surface area contributed by atoms with Gasteiger partial charge in [0.1, 0.15) is 11.3 Å². The lowest BCUT2D eigenvalue weighted by molar-refractivity contribution is 0.608. The molecule has 5 nitrogen and oxygen atoms in total. The molecule has 5 heteroatoms. The first-order valence-electron chi connectivity index (χ1n) is 5.18. The maximum atomic E-state index is 5.81. The predicted octanol–water partition coefficient (Wildman–Crippen LogP) is 2.18. The minimum atomic E-state index is 0.405. The van der Waals surface area contributed by atoms with E-state index in [0.29, 0.717) is 28.5 Å². The SMILES string of the molecule is Cc1cnc(N)c(-c2nc3cccnc3o2)c1. The van der Waals surface area contributed by atoms with E-state index in [2.05, 4.69) is 15.0 Å². The summed E-state index contributed by atoms with van der Waals surface area (Å²) in [4.78, 5) is 12.5. The molecule has 0 spiro atoms. The molecule has 0 saturated carbocycles. The van der Waals surface area contributed by atoms with E-state index in [1.807, 2.05) is 25.1 Å². The third-order valence-electron chi connectivity index (χ3n) is 2.45. The molecule has 3 aromatic rings. The quantitative estimate of drug-likeness (QED) is 0.688. The average molecular weight is 226 g/mol. The minimum Gasteiger partial charge on any atom is -0.418 e. The molecule has 0 atom stereocenters. The van der Waals surface area contributed by atoms with Crippen molar-refractivity contribution in [2.45, 2.75) is 6.92 Å². The standard InChI is InChI=1S/C12H10N4O/c1-7-5-8(10(13)15-6-7)11-16-9-3-2-4-14-12(9)17-11/h2-6H,1H3,(H2,13,15). The van der Waals surface area contributed by atoms with Crippen molar-refractivity contribution >= 4 is 17.0 Å². The van der Waals surface area contributed by atoms with E-state index in [9.17, 15) is 0 Å². The molecule has 17 heavy (non-hydrogen) atoms. The average Bonchev–Trinajstić information content (AvgIpc) is 2.75. The molecule has 0 unspecified atom stereocenters. The van der Waals surface area contributed by atoms with Crippen molar-refractivity contribution in [2.75, 3.05) is 5.73 Å². The molecular formula is C12H10N4O. The molecule has 0 saturated heterocycles. The Hall–Kier alpha value is -2.43. The summed E-state index contributed by atoms with van der Waals surface area (Å²) in [6, 6.07) is 5.55. The first-order chi connectivity index (χ1) is 8.24. The summed E-state index contributed by atoms with van der Waals surface area (Å²) in [6.45, 7) is 1.94. The molecule has 0 aromatic carbocycles. The van der Waals surface area contributed by atoms with Crippen LogP contribution in [0.5, 0.6) is 0 Å². The van der Waals surface area contributed by atoms with E-state index in [0.717, 1.165) is 5.56 Å². The molecule has 0 aliphatic carbocycles. The molecule has 84 valence electrons. The summed E-state index contributed by atoms with van der Waals surface area (Å²) in [5, 5.41) is 0. The summed E-state index contributed by atoms with van der Waals surface area (Å²) >= 11 is 0. The Kier molecular flexibility index (Phi) is 2.04. The molecule has 0 aliphatic rings. The number of hydrogen-bond acceptors (Lipinski definition) is 5. The summed E-state index contributed by atoms with van der Waals surface area (Å²) < 4.78 is 5.55. The Bertz CT molecular complexity index is 657. The maximum Gasteiger partial charge on any atom is 0.247 e. The van der Waals surface area contributed by atoms with Gasteiger partial charge in [0.15, 0.2) is 0 Å². The van der Waals surface area contributed by atoms with E-state index in [4.69, 9.17) is 10.2 Å². The fraction of sp³-hybridized carbons (Fsp3) is 0.0833. The summed E-state index contributed by atoms with van der Waals surface area (Å²) in [6.07, 6.45) is 3.37. The molecule has 0 amide bonds. The van der Waals surface area contributed by atoms with E-state index in [1.165, 1.54) is 0 Å². The zero-order chi connectivity index (χ0) is 11.8. The third kappa shape index (κ3) is 1.61. The number of rotatable bonds is 1. The Labute approximate surface area is 97.3 Å². The second-order valence-corrected chi connectivity index (χ2v) is 3.79. The molecule has 3 heterocycles. The van der Waals surface area contributed by atoms with Gasteiger partial charge in [-0.3, -0.25) is 0 Å². The number of anilines is 1. The Morgan fingerprint density at radius 2 is 2.18 bits per heavy atom. The van der Waals surface area contributed by atoms with Crippen LogP contribution in [0.1, 0.15) is 5.56 Å². The van der Waals surface area contributed by atoms with Crippen LogP contribution in [0.3, 0.4) is 0 Å². The van der Waals surface area contributed by atoms with Gasteiger partial charge in [0.25, 0.3) is 0 Å². The van der Waals surface area contributed by atoms with Gasteiger partial charge < -0.3 is 10.2 Å². The Morgan fingerprint density at radius 1 is 1.29 bits per heavy atom. The van der Waals surface area contributed by atoms with Gasteiger partial charge in [0.05, 0.1) is 5.56 Å². The van der Waals surface area contributed by atoms with Gasteiger partial charge >= 0.3 is 0 Å². The number of pyridine rings is 2. The Morgan fingerprint density at radius 3 is 3.00 bits per heavy atom. The molecular weight excluding hydrogens is 216 g/mol. The molecule has 3 aromatic heterocycles. The number of oxazole rings is 1. The highest BCUT2D eigenvalue weighted by Gasteiger charge is 2.12. The topological polar surface area (TPSA) is 77.8 Å². The number of hydrogen-bond donors (Lipinski definition) is 1. The van der Waals surface area contributed by atoms with Crippen LogP contribution in [0.2, 0.25) is 0 Å². The summed E-state index contributed by atoms with van der Waals surface area (Å²) in [7, 11) is 0. The van der Waals surface area contributed by atoms with Crippen molar-refractivity contribution in [1.82, 2.24) is 15.0 Å².